The van der Waals surface area contributed by atoms with Crippen LogP contribution in [0.5, 0.6) is 11.5 Å². The molecule has 0 bridgehead atoms. The van der Waals surface area contributed by atoms with Crippen molar-refractivity contribution >= 4 is 46.1 Å². The van der Waals surface area contributed by atoms with Gasteiger partial charge in [-0.25, -0.2) is 9.97 Å². The second-order valence-electron chi connectivity index (χ2n) is 19.5. The number of ether oxygens (including phenoxy) is 1. The maximum atomic E-state index is 13.9. The van der Waals surface area contributed by atoms with E-state index in [2.05, 4.69) is 72.9 Å². The summed E-state index contributed by atoms with van der Waals surface area (Å²) in [6, 6.07) is 21.6. The van der Waals surface area contributed by atoms with Crippen LogP contribution in [0.1, 0.15) is 124 Å². The normalized spacial score (nSPS) is 21.5. The van der Waals surface area contributed by atoms with E-state index >= 15 is 0 Å². The highest BCUT2D eigenvalue weighted by Gasteiger charge is 2.50. The Morgan fingerprint density at radius 2 is 1.73 bits per heavy atom. The van der Waals surface area contributed by atoms with Crippen molar-refractivity contribution in [3.63, 3.8) is 0 Å². The predicted octanol–water partition coefficient (Wildman–Crippen LogP) is 11.2. The maximum absolute atomic E-state index is 13.9. The van der Waals surface area contributed by atoms with Crippen LogP contribution in [0, 0.1) is 26.9 Å². The van der Waals surface area contributed by atoms with Gasteiger partial charge in [-0.15, -0.1) is 0 Å². The third-order valence-electron chi connectivity index (χ3n) is 14.8. The highest BCUT2D eigenvalue weighted by Crippen LogP contribution is 2.55. The van der Waals surface area contributed by atoms with Gasteiger partial charge in [0.1, 0.15) is 17.1 Å². The fourth-order valence-corrected chi connectivity index (χ4v) is 11.5. The van der Waals surface area contributed by atoms with Crippen LogP contribution >= 0.6 is 11.9 Å². The van der Waals surface area contributed by atoms with Gasteiger partial charge in [-0.2, -0.15) is 0 Å². The lowest BCUT2D eigenvalue weighted by molar-refractivity contribution is -0.384. The molecule has 2 aromatic carbocycles. The van der Waals surface area contributed by atoms with Crippen molar-refractivity contribution in [2.24, 2.45) is 16.7 Å². The van der Waals surface area contributed by atoms with Gasteiger partial charge in [0.15, 0.2) is 0 Å². The van der Waals surface area contributed by atoms with Crippen LogP contribution in [-0.2, 0) is 0 Å². The molecule has 324 valence electrons. The number of nitro groups is 1. The number of piperidine rings is 1. The maximum Gasteiger partial charge on any atom is 0.312 e. The molecule has 5 aromatic rings. The molecule has 3 aromatic heterocycles. The monoisotopic (exact) mass is 854 g/mol. The molecule has 62 heavy (non-hydrogen) atoms. The Morgan fingerprint density at radius 1 is 0.935 bits per heavy atom. The predicted molar refractivity (Wildman–Crippen MR) is 245 cm³/mol. The number of likely N-dealkylation sites (tertiary alicyclic amines) is 1. The average Bonchev–Trinajstić information content (AvgIpc) is 3.81. The summed E-state index contributed by atoms with van der Waals surface area (Å²) in [5.41, 5.74) is 5.96. The minimum absolute atomic E-state index is 0.114. The lowest BCUT2D eigenvalue weighted by atomic mass is 9.59. The van der Waals surface area contributed by atoms with Gasteiger partial charge in [0.2, 0.25) is 5.82 Å². The first-order chi connectivity index (χ1) is 30.1. The van der Waals surface area contributed by atoms with E-state index in [-0.39, 0.29) is 17.4 Å². The minimum atomic E-state index is -0.421. The Labute approximate surface area is 368 Å². The van der Waals surface area contributed by atoms with Crippen LogP contribution < -0.4 is 19.7 Å². The molecule has 5 fully saturated rings. The topological polar surface area (TPSA) is 142 Å². The minimum Gasteiger partial charge on any atom is -0.455 e. The van der Waals surface area contributed by atoms with Gasteiger partial charge < -0.3 is 19.9 Å². The third kappa shape index (κ3) is 8.62. The van der Waals surface area contributed by atoms with Gasteiger partial charge in [0.05, 0.1) is 21.6 Å². The molecule has 5 heterocycles. The van der Waals surface area contributed by atoms with Gasteiger partial charge >= 0.3 is 5.69 Å². The number of pyridine rings is 2. The number of aromatic nitrogens is 3. The number of hydrogen-bond donors (Lipinski definition) is 3. The molecule has 1 amide bonds. The third-order valence-corrected chi connectivity index (χ3v) is 15.5. The van der Waals surface area contributed by atoms with Gasteiger partial charge in [0, 0.05) is 67.3 Å². The Kier molecular flexibility index (Phi) is 11.1. The van der Waals surface area contributed by atoms with Gasteiger partial charge in [-0.1, -0.05) is 38.1 Å². The first-order valence-corrected chi connectivity index (χ1v) is 23.6. The number of fused-ring (bicyclic) bond motifs is 1. The smallest absolute Gasteiger partial charge is 0.312 e. The zero-order chi connectivity index (χ0) is 42.4. The first-order valence-electron chi connectivity index (χ1n) is 22.8. The van der Waals surface area contributed by atoms with E-state index in [9.17, 15) is 14.9 Å². The molecule has 12 nitrogen and oxygen atoms in total. The van der Waals surface area contributed by atoms with E-state index in [4.69, 9.17) is 4.74 Å². The molecule has 5 aliphatic rings. The van der Waals surface area contributed by atoms with Crippen molar-refractivity contribution in [1.29, 1.82) is 0 Å². The SMILES string of the molecule is CC1(C)CCC(CNc2ncc(SNC(=O)c3ccc(N4CCC5(CC4)CC(N4CCCC4c4ccccc4C4CC4)C5)cc3Oc3cnc4[nH]ccc4c3)cc2[N+](=O)[O-])CC1. The summed E-state index contributed by atoms with van der Waals surface area (Å²) in [6.45, 7) is 8.36. The Morgan fingerprint density at radius 3 is 2.50 bits per heavy atom. The van der Waals surface area contributed by atoms with Crippen LogP contribution in [0.15, 0.2) is 84.1 Å². The second-order valence-corrected chi connectivity index (χ2v) is 20.4. The summed E-state index contributed by atoms with van der Waals surface area (Å²) in [7, 11) is 0. The Hall–Kier alpha value is -5.14. The van der Waals surface area contributed by atoms with Crippen molar-refractivity contribution in [1.82, 2.24) is 24.6 Å². The summed E-state index contributed by atoms with van der Waals surface area (Å²) in [5.74, 6) is 2.04. The number of nitrogens with one attached hydrogen (secondary N) is 3. The fraction of sp³-hybridized carbons (Fsp3) is 0.490. The van der Waals surface area contributed by atoms with Gasteiger partial charge in [-0.3, -0.25) is 24.5 Å². The van der Waals surface area contributed by atoms with E-state index in [1.54, 1.807) is 23.5 Å². The molecule has 10 rings (SSSR count). The largest absolute Gasteiger partial charge is 0.455 e. The number of amides is 1. The number of aromatic amines is 1. The fourth-order valence-electron chi connectivity index (χ4n) is 10.9. The lowest BCUT2D eigenvalue weighted by Gasteiger charge is -2.56. The van der Waals surface area contributed by atoms with Gasteiger partial charge in [0.25, 0.3) is 5.91 Å². The summed E-state index contributed by atoms with van der Waals surface area (Å²) in [5, 5.41) is 16.3. The number of rotatable bonds is 13. The van der Waals surface area contributed by atoms with Crippen LogP contribution in [0.25, 0.3) is 11.0 Å². The summed E-state index contributed by atoms with van der Waals surface area (Å²) < 4.78 is 9.37. The molecular formula is C49H58N8O4S. The number of carbonyl (C=O) groups excluding carboxylic acids is 1. The molecule has 3 N–H and O–H groups in total. The highest BCUT2D eigenvalue weighted by atomic mass is 32.2. The molecule has 0 radical (unpaired) electrons. The zero-order valence-electron chi connectivity index (χ0n) is 35.9. The van der Waals surface area contributed by atoms with E-state index in [1.165, 1.54) is 51.1 Å². The highest BCUT2D eigenvalue weighted by molar-refractivity contribution is 7.98. The molecule has 3 aliphatic carbocycles. The van der Waals surface area contributed by atoms with E-state index < -0.39 is 4.92 Å². The summed E-state index contributed by atoms with van der Waals surface area (Å²) in [4.78, 5) is 43.4. The van der Waals surface area contributed by atoms with Crippen molar-refractivity contribution in [3.05, 3.63) is 106 Å². The average molecular weight is 855 g/mol. The standard InChI is InChI=1S/C49H58N8O4S/c1-48(2)16-13-32(14-17-48)29-51-46-43(57(59)60)26-38(31-53-46)62-54-47(58)41-12-11-35(25-44(41)61-37-24-34-15-20-50-45(34)52-30-37)55-22-18-49(19-23-55)27-36(28-49)56-21-5-8-42(56)40-7-4-3-6-39(40)33-9-10-33/h3-4,6-7,11-12,15,20,24-26,30-33,36,42H,5,8-10,13-14,16-19,21-23,27-29H2,1-2H3,(H,50,52)(H,51,53)(H,54,58). The molecule has 1 atom stereocenters. The van der Waals surface area contributed by atoms with Gasteiger partial charge in [-0.05, 0) is 154 Å². The number of H-pyrrole nitrogens is 1. The number of carbonyl (C=O) groups is 1. The number of nitrogens with zero attached hydrogens (tertiary/aromatic N) is 5. The number of benzene rings is 2. The van der Waals surface area contributed by atoms with Crippen LogP contribution in [-0.4, -0.2) is 62.9 Å². The van der Waals surface area contributed by atoms with Crippen molar-refractivity contribution in [2.45, 2.75) is 114 Å². The molecule has 2 saturated heterocycles. The Balaban J connectivity index is 0.804. The van der Waals surface area contributed by atoms with Crippen LogP contribution in [0.2, 0.25) is 0 Å². The first kappa shape index (κ1) is 40.9. The molecule has 13 heteroatoms. The number of hydrogen-bond acceptors (Lipinski definition) is 10. The lowest BCUT2D eigenvalue weighted by Crippen LogP contribution is -2.54. The summed E-state index contributed by atoms with van der Waals surface area (Å²) >= 11 is 1.00. The molecule has 1 spiro atoms. The van der Waals surface area contributed by atoms with Crippen LogP contribution in [0.3, 0.4) is 0 Å². The van der Waals surface area contributed by atoms with Crippen molar-refractivity contribution in [2.75, 3.05) is 36.4 Å². The van der Waals surface area contributed by atoms with E-state index in [0.29, 0.717) is 57.3 Å². The molecule has 1 unspecified atom stereocenters. The van der Waals surface area contributed by atoms with E-state index in [1.807, 2.05) is 36.5 Å². The molecular weight excluding hydrogens is 797 g/mol. The Bertz CT molecular complexity index is 2440. The zero-order valence-corrected chi connectivity index (χ0v) is 36.7. The second kappa shape index (κ2) is 16.9. The quantitative estimate of drug-likeness (QED) is 0.0595. The molecule has 3 saturated carbocycles. The molecule has 2 aliphatic heterocycles. The van der Waals surface area contributed by atoms with Crippen LogP contribution in [0.4, 0.5) is 17.2 Å². The van der Waals surface area contributed by atoms with Crippen molar-refractivity contribution in [3.8, 4) is 11.5 Å². The van der Waals surface area contributed by atoms with E-state index in [0.717, 1.165) is 86.2 Å². The summed E-state index contributed by atoms with van der Waals surface area (Å²) in [6.07, 6.45) is 19.6. The number of anilines is 2. The van der Waals surface area contributed by atoms with Crippen molar-refractivity contribution < 1.29 is 14.5 Å².